The summed E-state index contributed by atoms with van der Waals surface area (Å²) in [6, 6.07) is 7.65. The van der Waals surface area contributed by atoms with Crippen molar-refractivity contribution in [2.24, 2.45) is 0 Å². The molecule has 90 valence electrons. The van der Waals surface area contributed by atoms with Crippen molar-refractivity contribution >= 4 is 0 Å². The van der Waals surface area contributed by atoms with E-state index in [-0.39, 0.29) is 6.04 Å². The van der Waals surface area contributed by atoms with E-state index in [1.807, 2.05) is 12.1 Å². The van der Waals surface area contributed by atoms with E-state index in [4.69, 9.17) is 4.74 Å². The van der Waals surface area contributed by atoms with Crippen molar-refractivity contribution in [3.8, 4) is 5.75 Å². The van der Waals surface area contributed by atoms with Gasteiger partial charge in [0.15, 0.2) is 0 Å². The molecule has 1 rings (SSSR count). The van der Waals surface area contributed by atoms with Crippen molar-refractivity contribution in [2.45, 2.75) is 25.8 Å². The molecule has 0 aromatic heterocycles. The minimum atomic E-state index is 0.273. The highest BCUT2D eigenvalue weighted by atomic mass is 16.5. The van der Waals surface area contributed by atoms with Gasteiger partial charge in [0.1, 0.15) is 5.75 Å². The SMILES string of the molecule is COCCCCNC(C)c1cccc(O)c1. The standard InChI is InChI=1S/C13H21NO2/c1-11(14-8-3-4-9-16-2)12-6-5-7-13(15)10-12/h5-7,10-11,14-15H,3-4,8-9H2,1-2H3. The number of unbranched alkanes of at least 4 members (excludes halogenated alkanes) is 1. The Hall–Kier alpha value is -1.06. The van der Waals surface area contributed by atoms with Gasteiger partial charge in [-0.25, -0.2) is 0 Å². The smallest absolute Gasteiger partial charge is 0.115 e. The van der Waals surface area contributed by atoms with E-state index in [1.165, 1.54) is 0 Å². The van der Waals surface area contributed by atoms with Gasteiger partial charge in [0.05, 0.1) is 0 Å². The van der Waals surface area contributed by atoms with Gasteiger partial charge in [0.2, 0.25) is 0 Å². The predicted molar refractivity (Wildman–Crippen MR) is 65.6 cm³/mol. The Balaban J connectivity index is 2.27. The highest BCUT2D eigenvalue weighted by molar-refractivity contribution is 5.28. The minimum absolute atomic E-state index is 0.273. The Morgan fingerprint density at radius 3 is 2.88 bits per heavy atom. The Labute approximate surface area is 97.4 Å². The Bertz CT molecular complexity index is 302. The predicted octanol–water partition coefficient (Wildman–Crippen LogP) is 2.47. The lowest BCUT2D eigenvalue weighted by Gasteiger charge is -2.14. The third-order valence-electron chi connectivity index (χ3n) is 2.60. The Morgan fingerprint density at radius 1 is 1.38 bits per heavy atom. The fourth-order valence-corrected chi connectivity index (χ4v) is 1.60. The zero-order valence-corrected chi connectivity index (χ0v) is 10.1. The summed E-state index contributed by atoms with van der Waals surface area (Å²) in [5.74, 6) is 0.325. The first-order valence-electron chi connectivity index (χ1n) is 5.75. The van der Waals surface area contributed by atoms with Gasteiger partial charge in [-0.2, -0.15) is 0 Å². The summed E-state index contributed by atoms with van der Waals surface area (Å²) in [7, 11) is 1.72. The third-order valence-corrected chi connectivity index (χ3v) is 2.60. The van der Waals surface area contributed by atoms with Gasteiger partial charge in [-0.15, -0.1) is 0 Å². The first kappa shape index (κ1) is 13.0. The molecule has 0 spiro atoms. The lowest BCUT2D eigenvalue weighted by molar-refractivity contribution is 0.192. The minimum Gasteiger partial charge on any atom is -0.508 e. The highest BCUT2D eigenvalue weighted by Gasteiger charge is 2.04. The molecule has 0 fully saturated rings. The maximum absolute atomic E-state index is 9.36. The van der Waals surface area contributed by atoms with Crippen LogP contribution >= 0.6 is 0 Å². The molecule has 0 amide bonds. The van der Waals surface area contributed by atoms with E-state index in [0.29, 0.717) is 5.75 Å². The van der Waals surface area contributed by atoms with Crippen LogP contribution in [0.1, 0.15) is 31.4 Å². The second kappa shape index (κ2) is 7.25. The first-order valence-corrected chi connectivity index (χ1v) is 5.75. The fourth-order valence-electron chi connectivity index (χ4n) is 1.60. The van der Waals surface area contributed by atoms with E-state index in [1.54, 1.807) is 19.2 Å². The molecule has 16 heavy (non-hydrogen) atoms. The molecule has 0 bridgehead atoms. The van der Waals surface area contributed by atoms with E-state index in [0.717, 1.165) is 31.6 Å². The molecule has 1 aromatic rings. The fraction of sp³-hybridized carbons (Fsp3) is 0.538. The van der Waals surface area contributed by atoms with Gasteiger partial charge >= 0.3 is 0 Å². The second-order valence-corrected chi connectivity index (χ2v) is 3.97. The van der Waals surface area contributed by atoms with Crippen LogP contribution in [0, 0.1) is 0 Å². The van der Waals surface area contributed by atoms with Gasteiger partial charge in [-0.3, -0.25) is 0 Å². The van der Waals surface area contributed by atoms with Gasteiger partial charge < -0.3 is 15.2 Å². The molecule has 3 nitrogen and oxygen atoms in total. The summed E-state index contributed by atoms with van der Waals surface area (Å²) in [6.07, 6.45) is 2.19. The second-order valence-electron chi connectivity index (χ2n) is 3.97. The largest absolute Gasteiger partial charge is 0.508 e. The first-order chi connectivity index (χ1) is 7.74. The number of methoxy groups -OCH3 is 1. The zero-order valence-electron chi connectivity index (χ0n) is 10.1. The van der Waals surface area contributed by atoms with Crippen molar-refractivity contribution in [1.29, 1.82) is 0 Å². The summed E-state index contributed by atoms with van der Waals surface area (Å²) >= 11 is 0. The lowest BCUT2D eigenvalue weighted by Crippen LogP contribution is -2.20. The molecular formula is C13H21NO2. The zero-order chi connectivity index (χ0) is 11.8. The number of hydrogen-bond acceptors (Lipinski definition) is 3. The molecule has 0 aliphatic carbocycles. The number of phenols is 1. The molecule has 0 aliphatic heterocycles. The average molecular weight is 223 g/mol. The molecule has 3 heteroatoms. The van der Waals surface area contributed by atoms with Crippen molar-refractivity contribution in [3.63, 3.8) is 0 Å². The van der Waals surface area contributed by atoms with E-state index >= 15 is 0 Å². The lowest BCUT2D eigenvalue weighted by atomic mass is 10.1. The Kier molecular flexibility index (Phi) is 5.90. The van der Waals surface area contributed by atoms with Gasteiger partial charge in [0.25, 0.3) is 0 Å². The monoisotopic (exact) mass is 223 g/mol. The van der Waals surface area contributed by atoms with Gasteiger partial charge in [0, 0.05) is 19.8 Å². The number of benzene rings is 1. The van der Waals surface area contributed by atoms with E-state index in [9.17, 15) is 5.11 Å². The average Bonchev–Trinajstić information content (AvgIpc) is 2.28. The third kappa shape index (κ3) is 4.64. The number of aromatic hydroxyl groups is 1. The van der Waals surface area contributed by atoms with Crippen LogP contribution in [0.2, 0.25) is 0 Å². The summed E-state index contributed by atoms with van der Waals surface area (Å²) in [6.45, 7) is 3.90. The highest BCUT2D eigenvalue weighted by Crippen LogP contribution is 2.17. The van der Waals surface area contributed by atoms with Crippen LogP contribution < -0.4 is 5.32 Å². The van der Waals surface area contributed by atoms with Crippen LogP contribution in [0.15, 0.2) is 24.3 Å². The quantitative estimate of drug-likeness (QED) is 0.698. The van der Waals surface area contributed by atoms with Crippen LogP contribution in [0.4, 0.5) is 0 Å². The van der Waals surface area contributed by atoms with Crippen molar-refractivity contribution in [1.82, 2.24) is 5.32 Å². The molecule has 1 atom stereocenters. The number of nitrogens with one attached hydrogen (secondary N) is 1. The molecule has 0 aliphatic rings. The van der Waals surface area contributed by atoms with Crippen molar-refractivity contribution < 1.29 is 9.84 Å². The summed E-state index contributed by atoms with van der Waals surface area (Å²) in [5.41, 5.74) is 1.12. The molecule has 0 heterocycles. The molecule has 1 unspecified atom stereocenters. The topological polar surface area (TPSA) is 41.5 Å². The summed E-state index contributed by atoms with van der Waals surface area (Å²) in [5, 5.41) is 12.8. The molecule has 0 saturated carbocycles. The Morgan fingerprint density at radius 2 is 2.19 bits per heavy atom. The van der Waals surface area contributed by atoms with Crippen LogP contribution in [-0.2, 0) is 4.74 Å². The molecule has 0 radical (unpaired) electrons. The molecular weight excluding hydrogens is 202 g/mol. The maximum atomic E-state index is 9.36. The number of rotatable bonds is 7. The van der Waals surface area contributed by atoms with Crippen LogP contribution in [0.5, 0.6) is 5.75 Å². The number of ether oxygens (including phenoxy) is 1. The summed E-state index contributed by atoms with van der Waals surface area (Å²) in [4.78, 5) is 0. The van der Waals surface area contributed by atoms with Crippen molar-refractivity contribution in [3.05, 3.63) is 29.8 Å². The molecule has 0 saturated heterocycles. The van der Waals surface area contributed by atoms with Crippen LogP contribution in [0.25, 0.3) is 0 Å². The van der Waals surface area contributed by atoms with Gasteiger partial charge in [-0.1, -0.05) is 12.1 Å². The summed E-state index contributed by atoms with van der Waals surface area (Å²) < 4.78 is 4.99. The normalized spacial score (nSPS) is 12.6. The molecule has 1 aromatic carbocycles. The van der Waals surface area contributed by atoms with Gasteiger partial charge in [-0.05, 0) is 44.0 Å². The number of hydrogen-bond donors (Lipinski definition) is 2. The molecule has 2 N–H and O–H groups in total. The van der Waals surface area contributed by atoms with Crippen LogP contribution in [0.3, 0.4) is 0 Å². The van der Waals surface area contributed by atoms with Crippen molar-refractivity contribution in [2.75, 3.05) is 20.3 Å². The number of phenolic OH excluding ortho intramolecular Hbond substituents is 1. The maximum Gasteiger partial charge on any atom is 0.115 e. The van der Waals surface area contributed by atoms with E-state index in [2.05, 4.69) is 12.2 Å². The van der Waals surface area contributed by atoms with E-state index < -0.39 is 0 Å². The van der Waals surface area contributed by atoms with Crippen LogP contribution in [-0.4, -0.2) is 25.4 Å².